The molecule has 0 spiro atoms. The van der Waals surface area contributed by atoms with Crippen molar-refractivity contribution in [2.45, 2.75) is 23.1 Å². The molecule has 11 heteroatoms. The molecule has 0 atom stereocenters. The number of para-hydroxylation sites is 1. The number of hydrogen-bond acceptors (Lipinski definition) is 7. The van der Waals surface area contributed by atoms with Crippen LogP contribution in [0.2, 0.25) is 5.02 Å². The molecule has 1 amide bonds. The monoisotopic (exact) mass is 482 g/mol. The summed E-state index contributed by atoms with van der Waals surface area (Å²) in [5, 5.41) is 11.0. The Kier molecular flexibility index (Phi) is 7.35. The second-order valence-corrected chi connectivity index (χ2v) is 10.7. The number of halogens is 1. The summed E-state index contributed by atoms with van der Waals surface area (Å²) >= 11 is 8.94. The Morgan fingerprint density at radius 1 is 1.17 bits per heavy atom. The van der Waals surface area contributed by atoms with Gasteiger partial charge in [-0.05, 0) is 43.0 Å². The molecule has 0 radical (unpaired) electrons. The Bertz CT molecular complexity index is 1140. The first-order valence-corrected chi connectivity index (χ1v) is 12.6. The van der Waals surface area contributed by atoms with Crippen LogP contribution in [0.5, 0.6) is 0 Å². The van der Waals surface area contributed by atoms with Crippen molar-refractivity contribution in [3.8, 4) is 0 Å². The minimum Gasteiger partial charge on any atom is -0.296 e. The molecular weight excluding hydrogens is 464 g/mol. The minimum absolute atomic E-state index is 0.0257. The van der Waals surface area contributed by atoms with Gasteiger partial charge in [-0.3, -0.25) is 14.4 Å². The number of thioether (sulfide) groups is 1. The molecule has 0 saturated heterocycles. The van der Waals surface area contributed by atoms with Gasteiger partial charge in [0.25, 0.3) is 15.9 Å². The van der Waals surface area contributed by atoms with E-state index >= 15 is 0 Å². The Balaban J connectivity index is 1.90. The lowest BCUT2D eigenvalue weighted by molar-refractivity contribution is 0.102. The Labute approximate surface area is 188 Å². The average Bonchev–Trinajstić information content (AvgIpc) is 3.16. The van der Waals surface area contributed by atoms with Crippen LogP contribution in [0.4, 0.5) is 10.8 Å². The number of nitrogens with zero attached hydrogens (tertiary/aromatic N) is 3. The van der Waals surface area contributed by atoms with Gasteiger partial charge in [-0.1, -0.05) is 59.8 Å². The molecular formula is C19H19ClN4O3S3. The summed E-state index contributed by atoms with van der Waals surface area (Å²) in [6.07, 6.45) is 0. The van der Waals surface area contributed by atoms with Gasteiger partial charge in [0.1, 0.15) is 0 Å². The van der Waals surface area contributed by atoms with E-state index in [9.17, 15) is 13.2 Å². The van der Waals surface area contributed by atoms with Crippen molar-refractivity contribution in [1.29, 1.82) is 0 Å². The van der Waals surface area contributed by atoms with E-state index in [0.29, 0.717) is 10.8 Å². The lowest BCUT2D eigenvalue weighted by Gasteiger charge is -2.23. The van der Waals surface area contributed by atoms with E-state index in [-0.39, 0.29) is 22.0 Å². The molecule has 0 aliphatic heterocycles. The Hall–Kier alpha value is -2.14. The van der Waals surface area contributed by atoms with Crippen LogP contribution in [0, 0.1) is 0 Å². The van der Waals surface area contributed by atoms with Crippen LogP contribution >= 0.6 is 34.7 Å². The number of amides is 1. The SMILES string of the molecule is CCSc1nnc(NC(=O)c2cc(S(=O)(=O)N(CC)c3ccccc3)ccc2Cl)s1. The smallest absolute Gasteiger partial charge is 0.264 e. The van der Waals surface area contributed by atoms with Crippen LogP contribution in [0.25, 0.3) is 0 Å². The zero-order valence-corrected chi connectivity index (χ0v) is 19.4. The molecule has 0 bridgehead atoms. The van der Waals surface area contributed by atoms with Crippen LogP contribution in [-0.4, -0.2) is 36.8 Å². The molecule has 3 aromatic rings. The van der Waals surface area contributed by atoms with Crippen molar-refractivity contribution >= 4 is 61.4 Å². The van der Waals surface area contributed by atoms with E-state index in [1.807, 2.05) is 13.0 Å². The molecule has 0 fully saturated rings. The molecule has 2 aromatic carbocycles. The standard InChI is InChI=1S/C19H19ClN4O3S3/c1-3-24(13-8-6-5-7-9-13)30(26,27)14-10-11-16(20)15(12-14)17(25)21-18-22-23-19(29-18)28-4-2/h5-12H,3-4H2,1-2H3,(H,21,22,25). The highest BCUT2D eigenvalue weighted by Crippen LogP contribution is 2.29. The fraction of sp³-hybridized carbons (Fsp3) is 0.211. The number of anilines is 2. The molecule has 0 aliphatic rings. The number of nitrogens with one attached hydrogen (secondary N) is 1. The second-order valence-electron chi connectivity index (χ2n) is 5.91. The molecule has 7 nitrogen and oxygen atoms in total. The molecule has 0 unspecified atom stereocenters. The van der Waals surface area contributed by atoms with Crippen LogP contribution in [0.3, 0.4) is 0 Å². The highest BCUT2D eigenvalue weighted by molar-refractivity contribution is 8.01. The quantitative estimate of drug-likeness (QED) is 0.367. The van der Waals surface area contributed by atoms with Crippen molar-refractivity contribution in [3.05, 3.63) is 59.1 Å². The topological polar surface area (TPSA) is 92.3 Å². The molecule has 1 heterocycles. The molecule has 1 N–H and O–H groups in total. The summed E-state index contributed by atoms with van der Waals surface area (Å²) in [5.41, 5.74) is 0.581. The third kappa shape index (κ3) is 4.94. The molecule has 3 rings (SSSR count). The number of rotatable bonds is 8. The number of aromatic nitrogens is 2. The van der Waals surface area contributed by atoms with Gasteiger partial charge in [-0.25, -0.2) is 8.42 Å². The van der Waals surface area contributed by atoms with Gasteiger partial charge >= 0.3 is 0 Å². The first-order chi connectivity index (χ1) is 14.4. The predicted molar refractivity (Wildman–Crippen MR) is 122 cm³/mol. The fourth-order valence-electron chi connectivity index (χ4n) is 2.66. The zero-order chi connectivity index (χ0) is 21.7. The maximum Gasteiger partial charge on any atom is 0.264 e. The van der Waals surface area contributed by atoms with Gasteiger partial charge < -0.3 is 0 Å². The highest BCUT2D eigenvalue weighted by atomic mass is 35.5. The predicted octanol–water partition coefficient (Wildman–Crippen LogP) is 4.77. The van der Waals surface area contributed by atoms with Crippen LogP contribution in [0.1, 0.15) is 24.2 Å². The normalized spacial score (nSPS) is 11.3. The van der Waals surface area contributed by atoms with Crippen molar-refractivity contribution in [1.82, 2.24) is 10.2 Å². The Morgan fingerprint density at radius 2 is 1.90 bits per heavy atom. The fourth-order valence-corrected chi connectivity index (χ4v) is 6.01. The molecule has 30 heavy (non-hydrogen) atoms. The summed E-state index contributed by atoms with van der Waals surface area (Å²) in [4.78, 5) is 12.7. The highest BCUT2D eigenvalue weighted by Gasteiger charge is 2.25. The Morgan fingerprint density at radius 3 is 2.57 bits per heavy atom. The van der Waals surface area contributed by atoms with Crippen molar-refractivity contribution in [2.75, 3.05) is 21.9 Å². The van der Waals surface area contributed by atoms with Crippen LogP contribution < -0.4 is 9.62 Å². The summed E-state index contributed by atoms with van der Waals surface area (Å²) < 4.78 is 28.4. The van der Waals surface area contributed by atoms with Gasteiger partial charge in [0.05, 0.1) is 21.2 Å². The number of sulfonamides is 1. The maximum absolute atomic E-state index is 13.2. The molecule has 0 aliphatic carbocycles. The van der Waals surface area contributed by atoms with E-state index < -0.39 is 15.9 Å². The number of benzene rings is 2. The second kappa shape index (κ2) is 9.78. The van der Waals surface area contributed by atoms with Crippen LogP contribution in [-0.2, 0) is 10.0 Å². The summed E-state index contributed by atoms with van der Waals surface area (Å²) in [6.45, 7) is 3.97. The minimum atomic E-state index is -3.89. The summed E-state index contributed by atoms with van der Waals surface area (Å²) in [5.74, 6) is 0.285. The molecule has 158 valence electrons. The van der Waals surface area contributed by atoms with Gasteiger partial charge in [0.2, 0.25) is 5.13 Å². The van der Waals surface area contributed by atoms with Crippen molar-refractivity contribution < 1.29 is 13.2 Å². The lowest BCUT2D eigenvalue weighted by atomic mass is 10.2. The van der Waals surface area contributed by atoms with E-state index in [0.717, 1.165) is 10.1 Å². The van der Waals surface area contributed by atoms with E-state index in [1.165, 1.54) is 45.6 Å². The van der Waals surface area contributed by atoms with E-state index in [2.05, 4.69) is 15.5 Å². The molecule has 0 saturated carbocycles. The first kappa shape index (κ1) is 22.5. The van der Waals surface area contributed by atoms with Crippen molar-refractivity contribution in [2.24, 2.45) is 0 Å². The van der Waals surface area contributed by atoms with Gasteiger partial charge in [0, 0.05) is 6.54 Å². The van der Waals surface area contributed by atoms with E-state index in [1.54, 1.807) is 31.2 Å². The van der Waals surface area contributed by atoms with Gasteiger partial charge in [0.15, 0.2) is 4.34 Å². The van der Waals surface area contributed by atoms with Crippen LogP contribution in [0.15, 0.2) is 57.8 Å². The average molecular weight is 483 g/mol. The largest absolute Gasteiger partial charge is 0.296 e. The van der Waals surface area contributed by atoms with Crippen molar-refractivity contribution in [3.63, 3.8) is 0 Å². The summed E-state index contributed by atoms with van der Waals surface area (Å²) in [7, 11) is -3.89. The third-order valence-electron chi connectivity index (χ3n) is 4.00. The summed E-state index contributed by atoms with van der Waals surface area (Å²) in [6, 6.07) is 12.8. The van der Waals surface area contributed by atoms with Gasteiger partial charge in [-0.15, -0.1) is 10.2 Å². The molecule has 1 aromatic heterocycles. The number of carbonyl (C=O) groups is 1. The first-order valence-electron chi connectivity index (χ1n) is 9.01. The third-order valence-corrected chi connectivity index (χ3v) is 8.08. The lowest BCUT2D eigenvalue weighted by Crippen LogP contribution is -2.31. The van der Waals surface area contributed by atoms with Gasteiger partial charge in [-0.2, -0.15) is 0 Å². The maximum atomic E-state index is 13.2. The van der Waals surface area contributed by atoms with E-state index in [4.69, 9.17) is 11.6 Å². The number of hydrogen-bond donors (Lipinski definition) is 1. The zero-order valence-electron chi connectivity index (χ0n) is 16.2. The number of carbonyl (C=O) groups excluding carboxylic acids is 1.